The van der Waals surface area contributed by atoms with Crippen molar-refractivity contribution < 1.29 is 9.59 Å². The molecule has 0 radical (unpaired) electrons. The predicted molar refractivity (Wildman–Crippen MR) is 120 cm³/mol. The molecule has 3 amide bonds. The summed E-state index contributed by atoms with van der Waals surface area (Å²) in [5, 5.41) is 6.22. The molecule has 30 heavy (non-hydrogen) atoms. The quantitative estimate of drug-likeness (QED) is 0.692. The molecule has 3 aliphatic carbocycles. The Labute approximate surface area is 183 Å². The van der Waals surface area contributed by atoms with Crippen molar-refractivity contribution in [2.45, 2.75) is 97.6 Å². The van der Waals surface area contributed by atoms with Crippen LogP contribution < -0.4 is 10.6 Å². The van der Waals surface area contributed by atoms with Gasteiger partial charge in [0.1, 0.15) is 0 Å². The maximum Gasteiger partial charge on any atom is 0.315 e. The molecule has 4 fully saturated rings. The van der Waals surface area contributed by atoms with Gasteiger partial charge < -0.3 is 15.5 Å². The van der Waals surface area contributed by atoms with Crippen molar-refractivity contribution in [2.24, 2.45) is 34.5 Å². The predicted octanol–water partition coefficient (Wildman–Crippen LogP) is 4.56. The molecule has 1 saturated heterocycles. The van der Waals surface area contributed by atoms with E-state index in [1.807, 2.05) is 27.8 Å². The smallest absolute Gasteiger partial charge is 0.315 e. The van der Waals surface area contributed by atoms with Crippen LogP contribution in [0.25, 0.3) is 0 Å². The van der Waals surface area contributed by atoms with Crippen LogP contribution in [0.5, 0.6) is 0 Å². The molecular formula is C25H43N3O2. The Morgan fingerprint density at radius 3 is 2.43 bits per heavy atom. The molecular weight excluding hydrogens is 374 g/mol. The van der Waals surface area contributed by atoms with Gasteiger partial charge in [-0.1, -0.05) is 13.8 Å². The summed E-state index contributed by atoms with van der Waals surface area (Å²) in [6.07, 6.45) is 9.34. The fourth-order valence-electron chi connectivity index (χ4n) is 8.20. The molecule has 5 nitrogen and oxygen atoms in total. The van der Waals surface area contributed by atoms with Crippen LogP contribution in [0.1, 0.15) is 86.0 Å². The van der Waals surface area contributed by atoms with Gasteiger partial charge in [0.15, 0.2) is 0 Å². The molecule has 170 valence electrons. The first-order chi connectivity index (χ1) is 14.0. The molecule has 4 rings (SSSR count). The number of carbonyl (C=O) groups is 2. The molecule has 3 saturated carbocycles. The Balaban J connectivity index is 1.45. The fraction of sp³-hybridized carbons (Fsp3) is 0.920. The van der Waals surface area contributed by atoms with Gasteiger partial charge in [-0.25, -0.2) is 4.79 Å². The molecule has 5 heteroatoms. The van der Waals surface area contributed by atoms with E-state index in [4.69, 9.17) is 0 Å². The van der Waals surface area contributed by atoms with Gasteiger partial charge in [-0.15, -0.1) is 0 Å². The van der Waals surface area contributed by atoms with Gasteiger partial charge in [0.25, 0.3) is 0 Å². The number of rotatable bonds is 2. The zero-order chi connectivity index (χ0) is 21.9. The Kier molecular flexibility index (Phi) is 5.42. The third-order valence-electron chi connectivity index (χ3n) is 9.75. The zero-order valence-corrected chi connectivity index (χ0v) is 20.0. The van der Waals surface area contributed by atoms with Crippen molar-refractivity contribution in [3.8, 4) is 0 Å². The van der Waals surface area contributed by atoms with E-state index in [9.17, 15) is 9.59 Å². The van der Waals surface area contributed by atoms with Gasteiger partial charge in [-0.2, -0.15) is 0 Å². The topological polar surface area (TPSA) is 61.4 Å². The first-order valence-electron chi connectivity index (χ1n) is 12.3. The second-order valence-corrected chi connectivity index (χ2v) is 12.4. The molecule has 0 aromatic heterocycles. The maximum atomic E-state index is 12.3. The van der Waals surface area contributed by atoms with Crippen LogP contribution in [0.2, 0.25) is 0 Å². The van der Waals surface area contributed by atoms with Gasteiger partial charge in [0, 0.05) is 31.6 Å². The van der Waals surface area contributed by atoms with E-state index in [0.717, 1.165) is 37.1 Å². The molecule has 1 heterocycles. The van der Waals surface area contributed by atoms with E-state index in [-0.39, 0.29) is 17.0 Å². The average molecular weight is 418 g/mol. The second kappa shape index (κ2) is 7.41. The second-order valence-electron chi connectivity index (χ2n) is 12.4. The zero-order valence-electron chi connectivity index (χ0n) is 20.0. The third-order valence-corrected chi connectivity index (χ3v) is 9.75. The number of piperidine rings is 1. The monoisotopic (exact) mass is 417 g/mol. The minimum atomic E-state index is -0.202. The largest absolute Gasteiger partial charge is 0.342 e. The van der Waals surface area contributed by atoms with Crippen LogP contribution in [0.15, 0.2) is 0 Å². The Bertz CT molecular complexity index is 701. The van der Waals surface area contributed by atoms with E-state index in [1.54, 1.807) is 0 Å². The molecule has 7 unspecified atom stereocenters. The number of nitrogens with zero attached hydrogens (tertiary/aromatic N) is 1. The number of nitrogens with one attached hydrogen (secondary N) is 2. The van der Waals surface area contributed by atoms with Crippen molar-refractivity contribution in [2.75, 3.05) is 13.6 Å². The summed E-state index contributed by atoms with van der Waals surface area (Å²) in [4.78, 5) is 26.7. The van der Waals surface area contributed by atoms with Gasteiger partial charge in [0.05, 0.1) is 0 Å². The van der Waals surface area contributed by atoms with Gasteiger partial charge in [0.2, 0.25) is 5.91 Å². The lowest BCUT2D eigenvalue weighted by atomic mass is 9.47. The number of urea groups is 1. The van der Waals surface area contributed by atoms with Crippen molar-refractivity contribution in [3.05, 3.63) is 0 Å². The summed E-state index contributed by atoms with van der Waals surface area (Å²) < 4.78 is 0. The number of hydrogen-bond donors (Lipinski definition) is 2. The normalized spacial score (nSPS) is 43.5. The molecule has 4 aliphatic rings. The first-order valence-corrected chi connectivity index (χ1v) is 12.3. The van der Waals surface area contributed by atoms with Gasteiger partial charge >= 0.3 is 6.03 Å². The van der Waals surface area contributed by atoms with Crippen molar-refractivity contribution in [1.82, 2.24) is 15.5 Å². The Morgan fingerprint density at radius 2 is 1.73 bits per heavy atom. The molecule has 0 aromatic carbocycles. The van der Waals surface area contributed by atoms with Gasteiger partial charge in [-0.05, 0) is 100 Å². The van der Waals surface area contributed by atoms with Crippen LogP contribution in [0.3, 0.4) is 0 Å². The van der Waals surface area contributed by atoms with Crippen molar-refractivity contribution >= 4 is 11.9 Å². The lowest BCUT2D eigenvalue weighted by molar-refractivity contribution is -0.158. The highest BCUT2D eigenvalue weighted by molar-refractivity contribution is 5.77. The number of likely N-dealkylation sites (tertiary alicyclic amines) is 1. The number of hydrogen-bond acceptors (Lipinski definition) is 2. The molecule has 0 spiro atoms. The number of amides is 3. The summed E-state index contributed by atoms with van der Waals surface area (Å²) >= 11 is 0. The Hall–Kier alpha value is -1.26. The van der Waals surface area contributed by atoms with Crippen molar-refractivity contribution in [3.63, 3.8) is 0 Å². The summed E-state index contributed by atoms with van der Waals surface area (Å²) in [6, 6.07) is 0.399. The molecule has 1 aliphatic heterocycles. The highest BCUT2D eigenvalue weighted by Crippen LogP contribution is 2.66. The van der Waals surface area contributed by atoms with E-state index < -0.39 is 0 Å². The highest BCUT2D eigenvalue weighted by Gasteiger charge is 2.60. The molecule has 0 aromatic rings. The number of fused-ring (bicyclic) bond motifs is 5. The average Bonchev–Trinajstić information content (AvgIpc) is 2.98. The minimum Gasteiger partial charge on any atom is -0.342 e. The first kappa shape index (κ1) is 22.0. The molecule has 7 atom stereocenters. The SMILES string of the molecule is CN1C(=O)CCC2(C)C3CCC4(C)C(CNC(=O)NC(C)(C)C)CCC4C3CCC12. The third kappa shape index (κ3) is 3.54. The van der Waals surface area contributed by atoms with Gasteiger partial charge in [-0.3, -0.25) is 4.79 Å². The molecule has 2 N–H and O–H groups in total. The van der Waals surface area contributed by atoms with Crippen LogP contribution in [-0.2, 0) is 4.79 Å². The highest BCUT2D eigenvalue weighted by atomic mass is 16.2. The lowest BCUT2D eigenvalue weighted by Crippen LogP contribution is -2.61. The standard InChI is InChI=1S/C25H43N3O2/c1-23(2,3)27-22(30)26-15-16-7-9-18-17-8-10-20-25(5,14-12-21(29)28(20)6)19(17)11-13-24(16,18)4/h16-20H,7-15H2,1-6H3,(H2,26,27,30). The summed E-state index contributed by atoms with van der Waals surface area (Å²) in [5.74, 6) is 3.24. The summed E-state index contributed by atoms with van der Waals surface area (Å²) in [6.45, 7) is 11.9. The Morgan fingerprint density at radius 1 is 1.03 bits per heavy atom. The van der Waals surface area contributed by atoms with Crippen LogP contribution >= 0.6 is 0 Å². The minimum absolute atomic E-state index is 0.0360. The number of carbonyl (C=O) groups excluding carboxylic acids is 2. The van der Waals surface area contributed by atoms with Crippen LogP contribution in [0.4, 0.5) is 4.79 Å². The van der Waals surface area contributed by atoms with Crippen LogP contribution in [-0.4, -0.2) is 42.0 Å². The fourth-order valence-corrected chi connectivity index (χ4v) is 8.20. The van der Waals surface area contributed by atoms with E-state index >= 15 is 0 Å². The van der Waals surface area contributed by atoms with E-state index in [2.05, 4.69) is 29.4 Å². The maximum absolute atomic E-state index is 12.3. The lowest BCUT2D eigenvalue weighted by Gasteiger charge is -2.61. The van der Waals surface area contributed by atoms with Crippen molar-refractivity contribution in [1.29, 1.82) is 0 Å². The summed E-state index contributed by atoms with van der Waals surface area (Å²) in [5.41, 5.74) is 0.429. The van der Waals surface area contributed by atoms with Crippen LogP contribution in [0, 0.1) is 34.5 Å². The molecule has 0 bridgehead atoms. The summed E-state index contributed by atoms with van der Waals surface area (Å²) in [7, 11) is 2.04. The van der Waals surface area contributed by atoms with E-state index in [0.29, 0.717) is 23.3 Å². The van der Waals surface area contributed by atoms with E-state index in [1.165, 1.54) is 38.5 Å².